The average molecular weight is 454 g/mol. The van der Waals surface area contributed by atoms with Gasteiger partial charge in [-0.15, -0.1) is 24.8 Å². The maximum Gasteiger partial charge on any atom is 0.202 e. The summed E-state index contributed by atoms with van der Waals surface area (Å²) in [5.41, 5.74) is 8.58. The summed E-state index contributed by atoms with van der Waals surface area (Å²) in [6, 6.07) is 9.08. The highest BCUT2D eigenvalue weighted by Gasteiger charge is 2.36. The van der Waals surface area contributed by atoms with Gasteiger partial charge in [-0.2, -0.15) is 0 Å². The second kappa shape index (κ2) is 9.02. The Morgan fingerprint density at radius 2 is 1.93 bits per heavy atom. The summed E-state index contributed by atoms with van der Waals surface area (Å²) in [6.45, 7) is 5.52. The first-order chi connectivity index (χ1) is 13.3. The highest BCUT2D eigenvalue weighted by Crippen LogP contribution is 2.40. The molecule has 0 saturated carbocycles. The number of nitrogens with one attached hydrogen (secondary N) is 1. The molecule has 0 aliphatic carbocycles. The molecule has 0 bridgehead atoms. The number of likely N-dealkylation sites (N-methyl/N-ethyl adjacent to an activating group) is 1. The van der Waals surface area contributed by atoms with E-state index in [1.165, 1.54) is 0 Å². The van der Waals surface area contributed by atoms with Crippen LogP contribution < -0.4 is 21.2 Å². The van der Waals surface area contributed by atoms with E-state index >= 15 is 0 Å². The quantitative estimate of drug-likeness (QED) is 0.584. The number of anilines is 1. The van der Waals surface area contributed by atoms with E-state index in [9.17, 15) is 4.79 Å². The third-order valence-corrected chi connectivity index (χ3v) is 5.48. The van der Waals surface area contributed by atoms with Gasteiger partial charge < -0.3 is 25.1 Å². The van der Waals surface area contributed by atoms with Crippen molar-refractivity contribution in [3.63, 3.8) is 0 Å². The van der Waals surface area contributed by atoms with E-state index in [-0.39, 0.29) is 36.3 Å². The van der Waals surface area contributed by atoms with Crippen LogP contribution in [0.3, 0.4) is 0 Å². The van der Waals surface area contributed by atoms with Gasteiger partial charge in [0.2, 0.25) is 5.43 Å². The minimum absolute atomic E-state index is 0. The second-order valence-corrected chi connectivity index (χ2v) is 8.28. The fourth-order valence-electron chi connectivity index (χ4n) is 3.66. The Morgan fingerprint density at radius 1 is 1.23 bits per heavy atom. The van der Waals surface area contributed by atoms with Crippen molar-refractivity contribution in [1.82, 2.24) is 4.90 Å². The first-order valence-corrected chi connectivity index (χ1v) is 9.62. The molecule has 3 N–H and O–H groups in total. The van der Waals surface area contributed by atoms with Gasteiger partial charge in [0.15, 0.2) is 0 Å². The molecule has 8 heteroatoms. The number of nitrogens with two attached hydrogens (primary N) is 1. The Labute approximate surface area is 188 Å². The zero-order chi connectivity index (χ0) is 20.1. The van der Waals surface area contributed by atoms with Crippen LogP contribution in [0.15, 0.2) is 39.5 Å². The Morgan fingerprint density at radius 3 is 2.63 bits per heavy atom. The lowest BCUT2D eigenvalue weighted by atomic mass is 9.88. The van der Waals surface area contributed by atoms with Crippen LogP contribution in [0, 0.1) is 0 Å². The molecule has 1 aliphatic heterocycles. The molecule has 2 heterocycles. The van der Waals surface area contributed by atoms with Crippen LogP contribution in [0.5, 0.6) is 5.75 Å². The van der Waals surface area contributed by atoms with Crippen molar-refractivity contribution in [3.05, 3.63) is 46.1 Å². The molecule has 30 heavy (non-hydrogen) atoms. The van der Waals surface area contributed by atoms with Gasteiger partial charge in [0.1, 0.15) is 22.5 Å². The van der Waals surface area contributed by atoms with E-state index in [0.29, 0.717) is 34.9 Å². The number of para-hydroxylation sites is 1. The predicted molar refractivity (Wildman–Crippen MR) is 128 cm³/mol. The average Bonchev–Trinajstić information content (AvgIpc) is 2.63. The fraction of sp³-hybridized carbons (Fsp3) is 0.409. The van der Waals surface area contributed by atoms with Crippen molar-refractivity contribution in [2.45, 2.75) is 31.9 Å². The van der Waals surface area contributed by atoms with E-state index < -0.39 is 5.60 Å². The van der Waals surface area contributed by atoms with Crippen molar-refractivity contribution < 1.29 is 9.15 Å². The predicted octanol–water partition coefficient (Wildman–Crippen LogP) is 3.80. The van der Waals surface area contributed by atoms with Crippen molar-refractivity contribution in [1.29, 1.82) is 0 Å². The molecule has 1 aliphatic rings. The van der Waals surface area contributed by atoms with Gasteiger partial charge >= 0.3 is 0 Å². The lowest BCUT2D eigenvalue weighted by molar-refractivity contribution is 0.0643. The first-order valence-electron chi connectivity index (χ1n) is 9.62. The summed E-state index contributed by atoms with van der Waals surface area (Å²) < 4.78 is 12.4. The Hall–Kier alpha value is -1.99. The highest BCUT2D eigenvalue weighted by molar-refractivity contribution is 6.00. The zero-order valence-corrected chi connectivity index (χ0v) is 19.3. The van der Waals surface area contributed by atoms with Gasteiger partial charge in [0, 0.05) is 30.8 Å². The van der Waals surface area contributed by atoms with Crippen molar-refractivity contribution in [3.8, 4) is 5.75 Å². The number of nitrogens with zero attached hydrogens (tertiary/aromatic N) is 1. The van der Waals surface area contributed by atoms with E-state index in [1.54, 1.807) is 6.07 Å². The number of rotatable bonds is 4. The second-order valence-electron chi connectivity index (χ2n) is 8.28. The minimum atomic E-state index is -0.487. The molecule has 2 aromatic carbocycles. The maximum atomic E-state index is 13.3. The zero-order valence-electron chi connectivity index (χ0n) is 17.7. The number of halogens is 2. The van der Waals surface area contributed by atoms with Gasteiger partial charge in [0.25, 0.3) is 0 Å². The summed E-state index contributed by atoms with van der Waals surface area (Å²) in [5, 5.41) is 4.54. The molecule has 3 aromatic rings. The van der Waals surface area contributed by atoms with Crippen molar-refractivity contribution >= 4 is 52.4 Å². The van der Waals surface area contributed by atoms with Crippen molar-refractivity contribution in [2.75, 3.05) is 32.5 Å². The molecule has 1 unspecified atom stereocenters. The molecule has 0 amide bonds. The molecule has 4 rings (SSSR count). The number of fused-ring (bicyclic) bond motifs is 4. The molecule has 1 atom stereocenters. The Balaban J connectivity index is 0.00000160. The molecule has 164 valence electrons. The number of benzene rings is 2. The molecule has 6 nitrogen and oxygen atoms in total. The van der Waals surface area contributed by atoms with Gasteiger partial charge in [-0.1, -0.05) is 12.1 Å². The molecular formula is C22H29Cl2N3O3. The first kappa shape index (κ1) is 24.3. The summed E-state index contributed by atoms with van der Waals surface area (Å²) in [6.07, 6.45) is 0.595. The molecule has 0 saturated heterocycles. The standard InChI is InChI=1S/C22H27N3O3.2ClH/c1-22(2)18(23)11-14-17(28-22)12-15(24-9-10-25(3)4)19-20(26)13-7-5-6-8-16(13)27-21(14)19;;/h5-8,12,18,24H,9-11,23H2,1-4H3;2*1H. The fourth-order valence-corrected chi connectivity index (χ4v) is 3.66. The van der Waals surface area contributed by atoms with Crippen molar-refractivity contribution in [2.24, 2.45) is 5.73 Å². The normalized spacial score (nSPS) is 17.1. The van der Waals surface area contributed by atoms with Crippen LogP contribution in [0.2, 0.25) is 0 Å². The van der Waals surface area contributed by atoms with E-state index in [0.717, 1.165) is 23.5 Å². The number of hydrogen-bond donors (Lipinski definition) is 2. The van der Waals surface area contributed by atoms with Gasteiger partial charge in [-0.3, -0.25) is 4.79 Å². The van der Waals surface area contributed by atoms with Crippen LogP contribution in [-0.2, 0) is 6.42 Å². The summed E-state index contributed by atoms with van der Waals surface area (Å²) in [5.74, 6) is 0.727. The van der Waals surface area contributed by atoms with Crippen LogP contribution in [-0.4, -0.2) is 43.7 Å². The van der Waals surface area contributed by atoms with Crippen LogP contribution in [0.4, 0.5) is 5.69 Å². The number of ether oxygens (including phenoxy) is 1. The largest absolute Gasteiger partial charge is 0.486 e. The molecular weight excluding hydrogens is 425 g/mol. The Kier molecular flexibility index (Phi) is 7.30. The maximum absolute atomic E-state index is 13.3. The topological polar surface area (TPSA) is 80.7 Å². The van der Waals surface area contributed by atoms with E-state index in [2.05, 4.69) is 10.2 Å². The summed E-state index contributed by atoms with van der Waals surface area (Å²) >= 11 is 0. The smallest absolute Gasteiger partial charge is 0.202 e. The molecule has 0 radical (unpaired) electrons. The number of hydrogen-bond acceptors (Lipinski definition) is 6. The monoisotopic (exact) mass is 453 g/mol. The van der Waals surface area contributed by atoms with E-state index in [4.69, 9.17) is 14.9 Å². The van der Waals surface area contributed by atoms with Crippen LogP contribution in [0.25, 0.3) is 21.9 Å². The van der Waals surface area contributed by atoms with Crippen LogP contribution >= 0.6 is 24.8 Å². The summed E-state index contributed by atoms with van der Waals surface area (Å²) in [4.78, 5) is 15.4. The van der Waals surface area contributed by atoms with Crippen LogP contribution in [0.1, 0.15) is 19.4 Å². The SMILES string of the molecule is CN(C)CCNc1cc2c(c3oc4ccccc4c(=O)c13)CC(N)C(C)(C)O2.Cl.Cl. The molecule has 1 aromatic heterocycles. The molecule has 0 fully saturated rings. The van der Waals surface area contributed by atoms with E-state index in [1.807, 2.05) is 52.2 Å². The molecule has 0 spiro atoms. The Bertz CT molecular complexity index is 1110. The lowest BCUT2D eigenvalue weighted by Crippen LogP contribution is -2.51. The van der Waals surface area contributed by atoms with Gasteiger partial charge in [0.05, 0.1) is 16.5 Å². The highest BCUT2D eigenvalue weighted by atomic mass is 35.5. The van der Waals surface area contributed by atoms with Gasteiger partial charge in [-0.05, 0) is 46.5 Å². The summed E-state index contributed by atoms with van der Waals surface area (Å²) in [7, 11) is 4.03. The lowest BCUT2D eigenvalue weighted by Gasteiger charge is -2.38. The minimum Gasteiger partial charge on any atom is -0.486 e. The third-order valence-electron chi connectivity index (χ3n) is 5.48. The van der Waals surface area contributed by atoms with Gasteiger partial charge in [-0.25, -0.2) is 0 Å². The third kappa shape index (κ3) is 4.23.